The van der Waals surface area contributed by atoms with Crippen LogP contribution in [0.5, 0.6) is 0 Å². The van der Waals surface area contributed by atoms with E-state index in [9.17, 15) is 14.7 Å². The number of nitrogens with one attached hydrogen (secondary N) is 2. The molecule has 0 saturated heterocycles. The molecule has 0 heterocycles. The van der Waals surface area contributed by atoms with Gasteiger partial charge in [-0.1, -0.05) is 13.8 Å². The largest absolute Gasteiger partial charge is 0.390 e. The van der Waals surface area contributed by atoms with Gasteiger partial charge in [-0.3, -0.25) is 9.59 Å². The maximum atomic E-state index is 13.3. The van der Waals surface area contributed by atoms with E-state index < -0.39 is 5.60 Å². The van der Waals surface area contributed by atoms with Gasteiger partial charge in [-0.25, -0.2) is 0 Å². The molecule has 1 aromatic carbocycles. The molecule has 0 radical (unpaired) electrons. The summed E-state index contributed by atoms with van der Waals surface area (Å²) in [5.74, 6) is 0.154. The van der Waals surface area contributed by atoms with Crippen molar-refractivity contribution in [2.75, 3.05) is 39.3 Å². The first-order valence-corrected chi connectivity index (χ1v) is 12.5. The number of fused-ring (bicyclic) bond motifs is 1. The second kappa shape index (κ2) is 10.2. The molecule has 3 N–H and O–H groups in total. The van der Waals surface area contributed by atoms with E-state index in [4.69, 9.17) is 4.74 Å². The normalized spacial score (nSPS) is 29.9. The third-order valence-electron chi connectivity index (χ3n) is 8.23. The summed E-state index contributed by atoms with van der Waals surface area (Å²) in [6.07, 6.45) is 4.09. The van der Waals surface area contributed by atoms with Gasteiger partial charge in [0.2, 0.25) is 5.91 Å². The fourth-order valence-electron chi connectivity index (χ4n) is 6.31. The average Bonchev–Trinajstić information content (AvgIpc) is 2.98. The highest BCUT2D eigenvalue weighted by Crippen LogP contribution is 2.63. The molecule has 0 unspecified atom stereocenters. The Labute approximate surface area is 204 Å². The first-order chi connectivity index (χ1) is 15.9. The number of carbonyl (C=O) groups is 2. The molecule has 2 aliphatic rings. The molecule has 2 fully saturated rings. The molecule has 0 spiro atoms. The molecule has 2 amide bonds. The molecule has 3 rings (SSSR count). The van der Waals surface area contributed by atoms with E-state index in [-0.39, 0.29) is 34.6 Å². The first kappa shape index (κ1) is 26.5. The highest BCUT2D eigenvalue weighted by atomic mass is 16.5. The number of benzene rings is 1. The Bertz CT molecular complexity index is 865. The van der Waals surface area contributed by atoms with Gasteiger partial charge in [0.25, 0.3) is 5.91 Å². The minimum atomic E-state index is -0.715. The maximum Gasteiger partial charge on any atom is 0.251 e. The minimum absolute atomic E-state index is 0.0107. The van der Waals surface area contributed by atoms with Gasteiger partial charge in [0.05, 0.1) is 12.2 Å². The van der Waals surface area contributed by atoms with E-state index in [2.05, 4.69) is 24.5 Å². The van der Waals surface area contributed by atoms with Crippen molar-refractivity contribution in [2.45, 2.75) is 70.9 Å². The lowest BCUT2D eigenvalue weighted by molar-refractivity contribution is -0.123. The smallest absolute Gasteiger partial charge is 0.251 e. The zero-order chi connectivity index (χ0) is 25.1. The number of aliphatic hydroxyl groups is 1. The summed E-state index contributed by atoms with van der Waals surface area (Å²) in [4.78, 5) is 27.9. The molecule has 190 valence electrons. The van der Waals surface area contributed by atoms with Crippen molar-refractivity contribution >= 4 is 17.5 Å². The van der Waals surface area contributed by atoms with Crippen molar-refractivity contribution in [1.82, 2.24) is 10.6 Å². The summed E-state index contributed by atoms with van der Waals surface area (Å²) < 4.78 is 5.04. The number of rotatable bonds is 9. The number of nitrogens with zero attached hydrogens (tertiary/aromatic N) is 1. The SMILES string of the molecule is COCCNC(=O)CC[C@]12CC[C@](C)(O)C[C@H]1C(C)(C)C[C@@H]2NC(=O)c1ccc(N(C)C)cc1. The molecule has 34 heavy (non-hydrogen) atoms. The third kappa shape index (κ3) is 5.74. The summed E-state index contributed by atoms with van der Waals surface area (Å²) >= 11 is 0. The van der Waals surface area contributed by atoms with Crippen LogP contribution in [0.3, 0.4) is 0 Å². The van der Waals surface area contributed by atoms with Crippen LogP contribution in [0.4, 0.5) is 5.69 Å². The number of hydrogen-bond acceptors (Lipinski definition) is 5. The summed E-state index contributed by atoms with van der Waals surface area (Å²) in [6, 6.07) is 7.59. The van der Waals surface area contributed by atoms with E-state index >= 15 is 0 Å². The van der Waals surface area contributed by atoms with Crippen LogP contribution >= 0.6 is 0 Å². The predicted octanol–water partition coefficient (Wildman–Crippen LogP) is 3.36. The van der Waals surface area contributed by atoms with Crippen LogP contribution in [-0.2, 0) is 9.53 Å². The first-order valence-electron chi connectivity index (χ1n) is 12.5. The van der Waals surface area contributed by atoms with Crippen LogP contribution in [0.15, 0.2) is 24.3 Å². The van der Waals surface area contributed by atoms with E-state index in [0.717, 1.165) is 18.5 Å². The second-order valence-electron chi connectivity index (χ2n) is 11.5. The van der Waals surface area contributed by atoms with Crippen LogP contribution < -0.4 is 15.5 Å². The number of methoxy groups -OCH3 is 1. The van der Waals surface area contributed by atoms with E-state index in [0.29, 0.717) is 44.4 Å². The van der Waals surface area contributed by atoms with Crippen molar-refractivity contribution in [1.29, 1.82) is 0 Å². The Kier molecular flexibility index (Phi) is 7.98. The van der Waals surface area contributed by atoms with E-state index in [1.807, 2.05) is 50.2 Å². The Morgan fingerprint density at radius 2 is 1.79 bits per heavy atom. The zero-order valence-corrected chi connectivity index (χ0v) is 21.7. The van der Waals surface area contributed by atoms with Crippen LogP contribution in [0.2, 0.25) is 0 Å². The fourth-order valence-corrected chi connectivity index (χ4v) is 6.31. The minimum Gasteiger partial charge on any atom is -0.390 e. The summed E-state index contributed by atoms with van der Waals surface area (Å²) in [6.45, 7) is 7.38. The highest BCUT2D eigenvalue weighted by Gasteiger charge is 2.61. The monoisotopic (exact) mass is 473 g/mol. The van der Waals surface area contributed by atoms with Gasteiger partial charge in [-0.05, 0) is 80.0 Å². The molecule has 2 aliphatic carbocycles. The fraction of sp³-hybridized carbons (Fsp3) is 0.704. The summed E-state index contributed by atoms with van der Waals surface area (Å²) in [7, 11) is 5.57. The van der Waals surface area contributed by atoms with Gasteiger partial charge in [0.15, 0.2) is 0 Å². The Morgan fingerprint density at radius 3 is 2.41 bits per heavy atom. The van der Waals surface area contributed by atoms with Crippen molar-refractivity contribution in [3.05, 3.63) is 29.8 Å². The lowest BCUT2D eigenvalue weighted by Gasteiger charge is -2.50. The molecular weight excluding hydrogens is 430 g/mol. The van der Waals surface area contributed by atoms with Gasteiger partial charge < -0.3 is 25.4 Å². The molecule has 0 bridgehead atoms. The van der Waals surface area contributed by atoms with Gasteiger partial charge >= 0.3 is 0 Å². The molecule has 7 nitrogen and oxygen atoms in total. The number of amides is 2. The Morgan fingerprint density at radius 1 is 1.12 bits per heavy atom. The quantitative estimate of drug-likeness (QED) is 0.479. The Hall–Kier alpha value is -2.12. The molecule has 0 aromatic heterocycles. The van der Waals surface area contributed by atoms with Crippen LogP contribution in [0, 0.1) is 16.7 Å². The summed E-state index contributed by atoms with van der Waals surface area (Å²) in [5, 5.41) is 17.2. The standard InChI is InChI=1S/C27H43N3O4/c1-25(2)18-22(29-24(32)19-7-9-20(10-8-19)30(4)5)27(12-11-23(31)28-15-16-34-6)14-13-26(3,33)17-21(25)27/h7-10,21-22,33H,11-18H2,1-6H3,(H,28,31)(H,29,32)/t21-,22-,26-,27-/m0/s1. The molecule has 2 saturated carbocycles. The van der Waals surface area contributed by atoms with Crippen molar-refractivity contribution in [3.63, 3.8) is 0 Å². The number of carbonyl (C=O) groups excluding carboxylic acids is 2. The van der Waals surface area contributed by atoms with Gasteiger partial charge in [0, 0.05) is 51.5 Å². The second-order valence-corrected chi connectivity index (χ2v) is 11.5. The Balaban J connectivity index is 1.82. The molecule has 1 aromatic rings. The molecule has 0 aliphatic heterocycles. The van der Waals surface area contributed by atoms with Crippen molar-refractivity contribution < 1.29 is 19.4 Å². The zero-order valence-electron chi connectivity index (χ0n) is 21.7. The lowest BCUT2D eigenvalue weighted by atomic mass is 9.57. The van der Waals surface area contributed by atoms with Crippen molar-refractivity contribution in [2.24, 2.45) is 16.7 Å². The van der Waals surface area contributed by atoms with Crippen LogP contribution in [-0.4, -0.2) is 62.9 Å². The maximum absolute atomic E-state index is 13.3. The van der Waals surface area contributed by atoms with E-state index in [1.54, 1.807) is 7.11 Å². The third-order valence-corrected chi connectivity index (χ3v) is 8.23. The number of hydrogen-bond donors (Lipinski definition) is 3. The predicted molar refractivity (Wildman–Crippen MR) is 135 cm³/mol. The summed E-state index contributed by atoms with van der Waals surface area (Å²) in [5.41, 5.74) is 0.700. The highest BCUT2D eigenvalue weighted by molar-refractivity contribution is 5.94. The van der Waals surface area contributed by atoms with Crippen LogP contribution in [0.1, 0.15) is 69.7 Å². The van der Waals surface area contributed by atoms with Gasteiger partial charge in [-0.2, -0.15) is 0 Å². The average molecular weight is 474 g/mol. The van der Waals surface area contributed by atoms with Crippen LogP contribution in [0.25, 0.3) is 0 Å². The lowest BCUT2D eigenvalue weighted by Crippen LogP contribution is -2.52. The molecule has 4 atom stereocenters. The van der Waals surface area contributed by atoms with E-state index in [1.165, 1.54) is 0 Å². The number of anilines is 1. The topological polar surface area (TPSA) is 90.9 Å². The van der Waals surface area contributed by atoms with Gasteiger partial charge in [0.1, 0.15) is 0 Å². The number of ether oxygens (including phenoxy) is 1. The molecular formula is C27H43N3O4. The van der Waals surface area contributed by atoms with Gasteiger partial charge in [-0.15, -0.1) is 0 Å². The van der Waals surface area contributed by atoms with Crippen molar-refractivity contribution in [3.8, 4) is 0 Å². The molecule has 7 heteroatoms.